The number of fused-ring (bicyclic) bond motifs is 5. The van der Waals surface area contributed by atoms with Crippen LogP contribution in [0.25, 0.3) is 88.7 Å². The molecule has 0 amide bonds. The molecule has 9 rings (SSSR count). The zero-order valence-corrected chi connectivity index (χ0v) is 26.1. The molecule has 0 atom stereocenters. The van der Waals surface area contributed by atoms with Crippen LogP contribution in [0, 0.1) is 0 Å². The lowest BCUT2D eigenvalue weighted by Crippen LogP contribution is -1.95. The van der Waals surface area contributed by atoms with Gasteiger partial charge in [-0.2, -0.15) is 0 Å². The molecule has 0 radical (unpaired) electrons. The van der Waals surface area contributed by atoms with Gasteiger partial charge in [-0.3, -0.25) is 0 Å². The molecule has 0 saturated heterocycles. The molecule has 3 heteroatoms. The summed E-state index contributed by atoms with van der Waals surface area (Å²) < 4.78 is 0. The molecule has 0 saturated carbocycles. The highest BCUT2D eigenvalue weighted by molar-refractivity contribution is 6.22. The largest absolute Gasteiger partial charge is 0.247 e. The molecule has 2 aromatic heterocycles. The quantitative estimate of drug-likeness (QED) is 0.182. The van der Waals surface area contributed by atoms with E-state index in [0.29, 0.717) is 0 Å². The summed E-state index contributed by atoms with van der Waals surface area (Å²) >= 11 is 0. The first-order chi connectivity index (χ1) is 23.8. The van der Waals surface area contributed by atoms with Crippen LogP contribution in [0.5, 0.6) is 0 Å². The maximum absolute atomic E-state index is 5.17. The van der Waals surface area contributed by atoms with Crippen molar-refractivity contribution in [2.45, 2.75) is 0 Å². The second-order valence-corrected chi connectivity index (χ2v) is 12.0. The van der Waals surface area contributed by atoms with Gasteiger partial charge in [0.1, 0.15) is 0 Å². The van der Waals surface area contributed by atoms with Crippen molar-refractivity contribution in [2.75, 3.05) is 0 Å². The molecule has 0 N–H and O–H groups in total. The maximum atomic E-state index is 5.17. The van der Waals surface area contributed by atoms with E-state index in [0.717, 1.165) is 61.8 Å². The Bertz CT molecular complexity index is 2500. The highest BCUT2D eigenvalue weighted by Gasteiger charge is 2.14. The fourth-order valence-electron chi connectivity index (χ4n) is 6.66. The van der Waals surface area contributed by atoms with E-state index in [1.54, 1.807) is 0 Å². The van der Waals surface area contributed by atoms with Crippen molar-refractivity contribution in [3.8, 4) is 56.3 Å². The number of pyridine rings is 1. The Morgan fingerprint density at radius 3 is 1.52 bits per heavy atom. The highest BCUT2D eigenvalue weighted by atomic mass is 14.9. The van der Waals surface area contributed by atoms with Crippen LogP contribution in [-0.4, -0.2) is 15.0 Å². The Labute approximate surface area is 278 Å². The van der Waals surface area contributed by atoms with Crippen molar-refractivity contribution in [2.24, 2.45) is 0 Å². The normalized spacial score (nSPS) is 11.3. The first kappa shape index (κ1) is 27.8. The molecule has 0 spiro atoms. The second kappa shape index (κ2) is 11.7. The van der Waals surface area contributed by atoms with Crippen LogP contribution in [0.4, 0.5) is 0 Å². The first-order valence-corrected chi connectivity index (χ1v) is 16.2. The monoisotopic (exact) mass is 611 g/mol. The van der Waals surface area contributed by atoms with Gasteiger partial charge >= 0.3 is 0 Å². The summed E-state index contributed by atoms with van der Waals surface area (Å²) in [6.45, 7) is 0. The van der Waals surface area contributed by atoms with Crippen LogP contribution >= 0.6 is 0 Å². The number of nitrogens with zero attached hydrogens (tertiary/aromatic N) is 3. The minimum atomic E-state index is 0.717. The number of rotatable bonds is 5. The standard InChI is InChI=1S/C45H29N3/c1-3-12-33(13-4-1)41-29-42(48-45(47-41)36-14-5-2-6-15-36)34-23-19-30(20-24-34)31-21-25-35(26-22-31)44-39-28-27-32-11-7-8-16-37(32)43(39)38-17-9-10-18-40(38)46-44/h1-29H. The van der Waals surface area contributed by atoms with E-state index >= 15 is 0 Å². The zero-order chi connectivity index (χ0) is 31.9. The zero-order valence-electron chi connectivity index (χ0n) is 26.1. The smallest absolute Gasteiger partial charge is 0.160 e. The van der Waals surface area contributed by atoms with Crippen LogP contribution in [0.2, 0.25) is 0 Å². The molecule has 0 unspecified atom stereocenters. The Morgan fingerprint density at radius 2 is 0.833 bits per heavy atom. The van der Waals surface area contributed by atoms with Crippen molar-refractivity contribution in [3.63, 3.8) is 0 Å². The number of hydrogen-bond donors (Lipinski definition) is 0. The van der Waals surface area contributed by atoms with Crippen molar-refractivity contribution < 1.29 is 0 Å². The van der Waals surface area contributed by atoms with E-state index < -0.39 is 0 Å². The lowest BCUT2D eigenvalue weighted by Gasteiger charge is -2.13. The minimum absolute atomic E-state index is 0.717. The van der Waals surface area contributed by atoms with Crippen molar-refractivity contribution >= 4 is 32.4 Å². The van der Waals surface area contributed by atoms with Gasteiger partial charge in [-0.25, -0.2) is 15.0 Å². The van der Waals surface area contributed by atoms with E-state index in [4.69, 9.17) is 15.0 Å². The summed E-state index contributed by atoms with van der Waals surface area (Å²) in [5, 5.41) is 6.09. The van der Waals surface area contributed by atoms with Crippen LogP contribution < -0.4 is 0 Å². The molecular formula is C45H29N3. The summed E-state index contributed by atoms with van der Waals surface area (Å²) in [4.78, 5) is 15.1. The van der Waals surface area contributed by atoms with Crippen LogP contribution in [-0.2, 0) is 0 Å². The minimum Gasteiger partial charge on any atom is -0.247 e. The maximum Gasteiger partial charge on any atom is 0.160 e. The van der Waals surface area contributed by atoms with Gasteiger partial charge < -0.3 is 0 Å². The topological polar surface area (TPSA) is 38.7 Å². The molecule has 3 nitrogen and oxygen atoms in total. The van der Waals surface area contributed by atoms with E-state index in [1.807, 2.05) is 36.4 Å². The average molecular weight is 612 g/mol. The third kappa shape index (κ3) is 4.99. The SMILES string of the molecule is c1ccc(-c2cc(-c3ccc(-c4ccc(-c5nc6ccccc6c6c5ccc5ccccc56)cc4)cc3)nc(-c3ccccc3)n2)cc1. The number of aromatic nitrogens is 3. The summed E-state index contributed by atoms with van der Waals surface area (Å²) in [6.07, 6.45) is 0. The molecule has 0 aliphatic carbocycles. The van der Waals surface area contributed by atoms with Gasteiger partial charge in [-0.1, -0.05) is 164 Å². The molecule has 0 bridgehead atoms. The fraction of sp³-hybridized carbons (Fsp3) is 0. The second-order valence-electron chi connectivity index (χ2n) is 12.0. The summed E-state index contributed by atoms with van der Waals surface area (Å²) in [5.41, 5.74) is 10.3. The van der Waals surface area contributed by atoms with Crippen LogP contribution in [0.1, 0.15) is 0 Å². The first-order valence-electron chi connectivity index (χ1n) is 16.2. The van der Waals surface area contributed by atoms with Gasteiger partial charge in [0.25, 0.3) is 0 Å². The molecule has 48 heavy (non-hydrogen) atoms. The Balaban J connectivity index is 1.08. The third-order valence-electron chi connectivity index (χ3n) is 9.09. The third-order valence-corrected chi connectivity index (χ3v) is 9.09. The molecule has 224 valence electrons. The lowest BCUT2D eigenvalue weighted by molar-refractivity contribution is 1.18. The van der Waals surface area contributed by atoms with Crippen molar-refractivity contribution in [1.82, 2.24) is 15.0 Å². The molecule has 7 aromatic carbocycles. The predicted molar refractivity (Wildman–Crippen MR) is 200 cm³/mol. The van der Waals surface area contributed by atoms with Crippen LogP contribution in [0.15, 0.2) is 176 Å². The van der Waals surface area contributed by atoms with Crippen molar-refractivity contribution in [1.29, 1.82) is 0 Å². The average Bonchev–Trinajstić information content (AvgIpc) is 3.18. The van der Waals surface area contributed by atoms with Crippen LogP contribution in [0.3, 0.4) is 0 Å². The summed E-state index contributed by atoms with van der Waals surface area (Å²) in [5.74, 6) is 0.717. The van der Waals surface area contributed by atoms with Crippen molar-refractivity contribution in [3.05, 3.63) is 176 Å². The lowest BCUT2D eigenvalue weighted by atomic mass is 9.94. The molecule has 0 aliphatic heterocycles. The molecule has 0 aliphatic rings. The summed E-state index contributed by atoms with van der Waals surface area (Å²) in [6, 6.07) is 61.4. The number of benzene rings is 7. The fourth-order valence-corrected chi connectivity index (χ4v) is 6.66. The molecule has 2 heterocycles. The molecular weight excluding hydrogens is 583 g/mol. The van der Waals surface area contributed by atoms with Gasteiger partial charge in [0.05, 0.1) is 22.6 Å². The predicted octanol–water partition coefficient (Wildman–Crippen LogP) is 11.7. The van der Waals surface area contributed by atoms with Gasteiger partial charge in [0.15, 0.2) is 5.82 Å². The Morgan fingerprint density at radius 1 is 0.312 bits per heavy atom. The van der Waals surface area contributed by atoms with Gasteiger partial charge in [-0.15, -0.1) is 0 Å². The van der Waals surface area contributed by atoms with E-state index in [9.17, 15) is 0 Å². The van der Waals surface area contributed by atoms with Gasteiger partial charge in [0, 0.05) is 38.4 Å². The van der Waals surface area contributed by atoms with E-state index in [2.05, 4.69) is 140 Å². The molecule has 0 fully saturated rings. The molecule has 9 aromatic rings. The Kier molecular flexibility index (Phi) is 6.80. The number of para-hydroxylation sites is 1. The summed E-state index contributed by atoms with van der Waals surface area (Å²) in [7, 11) is 0. The van der Waals surface area contributed by atoms with E-state index in [-0.39, 0.29) is 0 Å². The van der Waals surface area contributed by atoms with Gasteiger partial charge in [-0.05, 0) is 34.0 Å². The highest BCUT2D eigenvalue weighted by Crippen LogP contribution is 2.37. The van der Waals surface area contributed by atoms with Gasteiger partial charge in [0.2, 0.25) is 0 Å². The number of hydrogen-bond acceptors (Lipinski definition) is 3. The van der Waals surface area contributed by atoms with E-state index in [1.165, 1.54) is 26.9 Å². The Hall–Kier alpha value is -6.45.